The maximum atomic E-state index is 13.0. The number of amides is 1. The number of carbonyl (C=O) groups excluding carboxylic acids is 1. The predicted molar refractivity (Wildman–Crippen MR) is 62.3 cm³/mol. The van der Waals surface area contributed by atoms with Crippen LogP contribution in [0.1, 0.15) is 22.3 Å². The molecule has 19 heavy (non-hydrogen) atoms. The summed E-state index contributed by atoms with van der Waals surface area (Å²) in [5, 5.41) is 19.4. The minimum atomic E-state index is -1.56. The summed E-state index contributed by atoms with van der Waals surface area (Å²) < 4.78 is 13.0. The van der Waals surface area contributed by atoms with E-state index in [2.05, 4.69) is 0 Å². The number of benzene rings is 1. The van der Waals surface area contributed by atoms with Gasteiger partial charge in [0.15, 0.2) is 0 Å². The molecule has 0 aliphatic heterocycles. The molecule has 0 aromatic heterocycles. The zero-order chi connectivity index (χ0) is 14.6. The van der Waals surface area contributed by atoms with Gasteiger partial charge in [-0.3, -0.25) is 9.59 Å². The van der Waals surface area contributed by atoms with Crippen LogP contribution in [0.15, 0.2) is 18.2 Å². The van der Waals surface area contributed by atoms with Gasteiger partial charge in [0.1, 0.15) is 11.9 Å². The number of nitrogens with one attached hydrogen (secondary N) is 1. The Labute approximate surface area is 107 Å². The zero-order valence-corrected chi connectivity index (χ0v) is 10.0. The highest BCUT2D eigenvalue weighted by Gasteiger charge is 2.24. The molecule has 0 heterocycles. The van der Waals surface area contributed by atoms with Gasteiger partial charge in [-0.05, 0) is 24.6 Å². The minimum absolute atomic E-state index is 0.0309. The SMILES string of the molecule is Cc1ccc(F)cc1C(=O)N[C@H](CC(=O)O)C(=O)O. The molecule has 6 nitrogen and oxygen atoms in total. The van der Waals surface area contributed by atoms with E-state index in [0.717, 1.165) is 12.1 Å². The monoisotopic (exact) mass is 269 g/mol. The van der Waals surface area contributed by atoms with E-state index >= 15 is 0 Å². The van der Waals surface area contributed by atoms with E-state index in [1.165, 1.54) is 6.07 Å². The lowest BCUT2D eigenvalue weighted by Gasteiger charge is -2.13. The van der Waals surface area contributed by atoms with E-state index in [1.807, 2.05) is 5.32 Å². The normalized spacial score (nSPS) is 11.7. The van der Waals surface area contributed by atoms with Crippen LogP contribution in [-0.4, -0.2) is 34.1 Å². The highest BCUT2D eigenvalue weighted by atomic mass is 19.1. The lowest BCUT2D eigenvalue weighted by Crippen LogP contribution is -2.42. The standard InChI is InChI=1S/C12H12FNO5/c1-6-2-3-7(13)4-8(6)11(17)14-9(12(18)19)5-10(15)16/h2-4,9H,5H2,1H3,(H,14,17)(H,15,16)(H,18,19)/t9-/m1/s1. The third-order valence-electron chi connectivity index (χ3n) is 2.43. The Morgan fingerprint density at radius 2 is 1.95 bits per heavy atom. The summed E-state index contributed by atoms with van der Waals surface area (Å²) in [5.74, 6) is -4.29. The summed E-state index contributed by atoms with van der Waals surface area (Å²) in [4.78, 5) is 33.1. The van der Waals surface area contributed by atoms with Crippen molar-refractivity contribution < 1.29 is 29.0 Å². The van der Waals surface area contributed by atoms with E-state index in [0.29, 0.717) is 5.56 Å². The van der Waals surface area contributed by atoms with Crippen LogP contribution in [0.4, 0.5) is 4.39 Å². The molecule has 1 rings (SSSR count). The van der Waals surface area contributed by atoms with Gasteiger partial charge >= 0.3 is 11.9 Å². The van der Waals surface area contributed by atoms with Gasteiger partial charge in [0.05, 0.1) is 6.42 Å². The first-order valence-electron chi connectivity index (χ1n) is 5.33. The highest BCUT2D eigenvalue weighted by Crippen LogP contribution is 2.10. The molecule has 1 aromatic rings. The first-order chi connectivity index (χ1) is 8.81. The van der Waals surface area contributed by atoms with Gasteiger partial charge in [-0.2, -0.15) is 0 Å². The average molecular weight is 269 g/mol. The van der Waals surface area contributed by atoms with Crippen LogP contribution in [0, 0.1) is 12.7 Å². The third-order valence-corrected chi connectivity index (χ3v) is 2.43. The second-order valence-corrected chi connectivity index (χ2v) is 3.92. The lowest BCUT2D eigenvalue weighted by molar-refractivity contribution is -0.145. The molecule has 7 heteroatoms. The van der Waals surface area contributed by atoms with Crippen molar-refractivity contribution in [1.29, 1.82) is 0 Å². The topological polar surface area (TPSA) is 104 Å². The molecule has 1 aromatic carbocycles. The summed E-state index contributed by atoms with van der Waals surface area (Å²) in [5.41, 5.74) is 0.426. The number of aryl methyl sites for hydroxylation is 1. The van der Waals surface area contributed by atoms with Gasteiger partial charge in [-0.25, -0.2) is 9.18 Å². The lowest BCUT2D eigenvalue weighted by atomic mass is 10.1. The Balaban J connectivity index is 2.90. The molecular formula is C12H12FNO5. The quantitative estimate of drug-likeness (QED) is 0.733. The molecule has 0 saturated carbocycles. The Morgan fingerprint density at radius 1 is 1.32 bits per heavy atom. The molecule has 0 spiro atoms. The van der Waals surface area contributed by atoms with Crippen molar-refractivity contribution in [3.63, 3.8) is 0 Å². The molecular weight excluding hydrogens is 257 g/mol. The van der Waals surface area contributed by atoms with Crippen molar-refractivity contribution in [2.45, 2.75) is 19.4 Å². The van der Waals surface area contributed by atoms with Crippen LogP contribution in [-0.2, 0) is 9.59 Å². The van der Waals surface area contributed by atoms with Crippen LogP contribution >= 0.6 is 0 Å². The zero-order valence-electron chi connectivity index (χ0n) is 10.0. The van der Waals surface area contributed by atoms with Crippen LogP contribution in [0.5, 0.6) is 0 Å². The average Bonchev–Trinajstić information content (AvgIpc) is 2.30. The van der Waals surface area contributed by atoms with Crippen molar-refractivity contribution in [2.75, 3.05) is 0 Å². The number of hydrogen-bond donors (Lipinski definition) is 3. The van der Waals surface area contributed by atoms with Crippen molar-refractivity contribution >= 4 is 17.8 Å². The Bertz CT molecular complexity index is 529. The summed E-state index contributed by atoms with van der Waals surface area (Å²) in [6.07, 6.45) is -0.755. The Hall–Kier alpha value is -2.44. The Kier molecular flexibility index (Phi) is 4.57. The molecule has 0 aliphatic rings. The van der Waals surface area contributed by atoms with Gasteiger partial charge in [-0.15, -0.1) is 0 Å². The van der Waals surface area contributed by atoms with E-state index in [9.17, 15) is 18.8 Å². The van der Waals surface area contributed by atoms with Gasteiger partial charge < -0.3 is 15.5 Å². The second kappa shape index (κ2) is 5.94. The van der Waals surface area contributed by atoms with Gasteiger partial charge in [0, 0.05) is 5.56 Å². The van der Waals surface area contributed by atoms with Crippen LogP contribution < -0.4 is 5.32 Å². The molecule has 1 atom stereocenters. The summed E-state index contributed by atoms with van der Waals surface area (Å²) in [6.45, 7) is 1.56. The van der Waals surface area contributed by atoms with Crippen LogP contribution in [0.25, 0.3) is 0 Å². The van der Waals surface area contributed by atoms with Crippen molar-refractivity contribution in [2.24, 2.45) is 0 Å². The fourth-order valence-corrected chi connectivity index (χ4v) is 1.45. The molecule has 0 unspecified atom stereocenters. The summed E-state index contributed by atoms with van der Waals surface area (Å²) >= 11 is 0. The fourth-order valence-electron chi connectivity index (χ4n) is 1.45. The molecule has 3 N–H and O–H groups in total. The van der Waals surface area contributed by atoms with Gasteiger partial charge in [0.2, 0.25) is 0 Å². The Morgan fingerprint density at radius 3 is 2.47 bits per heavy atom. The largest absolute Gasteiger partial charge is 0.481 e. The number of halogens is 1. The number of carbonyl (C=O) groups is 3. The summed E-state index contributed by atoms with van der Waals surface area (Å²) in [6, 6.07) is 1.94. The van der Waals surface area contributed by atoms with Gasteiger partial charge in [0.25, 0.3) is 5.91 Å². The van der Waals surface area contributed by atoms with E-state index in [1.54, 1.807) is 6.92 Å². The van der Waals surface area contributed by atoms with Gasteiger partial charge in [-0.1, -0.05) is 6.07 Å². The first kappa shape index (κ1) is 14.6. The number of carboxylic acid groups (broad SMARTS) is 2. The fraction of sp³-hybridized carbons (Fsp3) is 0.250. The smallest absolute Gasteiger partial charge is 0.326 e. The van der Waals surface area contributed by atoms with E-state index < -0.39 is 36.1 Å². The van der Waals surface area contributed by atoms with Crippen LogP contribution in [0.2, 0.25) is 0 Å². The highest BCUT2D eigenvalue weighted by molar-refractivity contribution is 5.98. The number of aliphatic carboxylic acids is 2. The molecule has 0 fully saturated rings. The van der Waals surface area contributed by atoms with E-state index in [4.69, 9.17) is 10.2 Å². The maximum Gasteiger partial charge on any atom is 0.326 e. The number of carboxylic acids is 2. The van der Waals surface area contributed by atoms with E-state index in [-0.39, 0.29) is 5.56 Å². The summed E-state index contributed by atoms with van der Waals surface area (Å²) in [7, 11) is 0. The van der Waals surface area contributed by atoms with Crippen molar-refractivity contribution in [3.8, 4) is 0 Å². The minimum Gasteiger partial charge on any atom is -0.481 e. The van der Waals surface area contributed by atoms with Crippen LogP contribution in [0.3, 0.4) is 0 Å². The number of rotatable bonds is 5. The second-order valence-electron chi connectivity index (χ2n) is 3.92. The van der Waals surface area contributed by atoms with Crippen molar-refractivity contribution in [3.05, 3.63) is 35.1 Å². The first-order valence-corrected chi connectivity index (χ1v) is 5.33. The third kappa shape index (κ3) is 4.06. The maximum absolute atomic E-state index is 13.0. The van der Waals surface area contributed by atoms with Crippen molar-refractivity contribution in [1.82, 2.24) is 5.32 Å². The molecule has 0 saturated heterocycles. The molecule has 0 radical (unpaired) electrons. The molecule has 0 bridgehead atoms. The predicted octanol–water partition coefficient (Wildman–Crippen LogP) is 0.792. The molecule has 1 amide bonds. The molecule has 0 aliphatic carbocycles. The molecule has 102 valence electrons. The number of hydrogen-bond acceptors (Lipinski definition) is 3.